The number of hydrogen-bond donors (Lipinski definition) is 1. The fraction of sp³-hybridized carbons (Fsp3) is 0.135. The van der Waals surface area contributed by atoms with Gasteiger partial charge in [-0.05, 0) is 65.2 Å². The fourth-order valence-corrected chi connectivity index (χ4v) is 4.64. The van der Waals surface area contributed by atoms with Crippen molar-refractivity contribution >= 4 is 23.7 Å². The van der Waals surface area contributed by atoms with Crippen LogP contribution in [0, 0.1) is 0 Å². The first kappa shape index (κ1) is 31.9. The molecule has 0 aliphatic rings. The zero-order valence-corrected chi connectivity index (χ0v) is 26.2. The van der Waals surface area contributed by atoms with Crippen molar-refractivity contribution in [1.82, 2.24) is 5.43 Å². The van der Waals surface area contributed by atoms with Gasteiger partial charge >= 0.3 is 0 Å². The largest absolute Gasteiger partial charge is 0.493 e. The molecular formula is C37H33ClN2O6. The van der Waals surface area contributed by atoms with Crippen LogP contribution in [0.3, 0.4) is 0 Å². The topological polar surface area (TPSA) is 87.6 Å². The second-order valence-electron chi connectivity index (χ2n) is 10.1. The molecule has 0 atom stereocenters. The van der Waals surface area contributed by atoms with Crippen LogP contribution in [0.4, 0.5) is 0 Å². The molecule has 9 heteroatoms. The van der Waals surface area contributed by atoms with E-state index in [1.54, 1.807) is 43.5 Å². The van der Waals surface area contributed by atoms with E-state index >= 15 is 0 Å². The minimum Gasteiger partial charge on any atom is -0.493 e. The number of hydrazone groups is 1. The van der Waals surface area contributed by atoms with Gasteiger partial charge in [-0.1, -0.05) is 78.3 Å². The molecule has 46 heavy (non-hydrogen) atoms. The molecule has 0 unspecified atom stereocenters. The summed E-state index contributed by atoms with van der Waals surface area (Å²) < 4.78 is 29.0. The van der Waals surface area contributed by atoms with E-state index in [9.17, 15) is 4.79 Å². The molecule has 1 amide bonds. The third kappa shape index (κ3) is 8.80. The number of carbonyl (C=O) groups excluding carboxylic acids is 1. The summed E-state index contributed by atoms with van der Waals surface area (Å²) in [5.41, 5.74) is 6.45. The van der Waals surface area contributed by atoms with Crippen molar-refractivity contribution in [2.45, 2.75) is 19.8 Å². The Morgan fingerprint density at radius 2 is 1.17 bits per heavy atom. The second-order valence-corrected chi connectivity index (χ2v) is 10.5. The molecule has 0 aliphatic carbocycles. The molecule has 0 bridgehead atoms. The molecule has 8 nitrogen and oxygen atoms in total. The second kappa shape index (κ2) is 16.0. The maximum Gasteiger partial charge on any atom is 0.271 e. The molecule has 0 aliphatic heterocycles. The number of hydrogen-bond acceptors (Lipinski definition) is 7. The molecule has 0 saturated carbocycles. The van der Waals surface area contributed by atoms with Crippen LogP contribution >= 0.6 is 11.6 Å². The number of carbonyl (C=O) groups is 1. The summed E-state index contributed by atoms with van der Waals surface area (Å²) in [7, 11) is 3.12. The van der Waals surface area contributed by atoms with Crippen LogP contribution in [0.2, 0.25) is 5.02 Å². The van der Waals surface area contributed by atoms with Gasteiger partial charge in [-0.25, -0.2) is 5.43 Å². The van der Waals surface area contributed by atoms with E-state index in [0.29, 0.717) is 58.1 Å². The third-order valence-electron chi connectivity index (χ3n) is 6.86. The van der Waals surface area contributed by atoms with E-state index in [-0.39, 0.29) is 6.61 Å². The molecule has 234 valence electrons. The van der Waals surface area contributed by atoms with E-state index in [0.717, 1.165) is 16.7 Å². The summed E-state index contributed by atoms with van der Waals surface area (Å²) in [5, 5.41) is 4.64. The number of ether oxygens (including phenoxy) is 5. The lowest BCUT2D eigenvalue weighted by Gasteiger charge is -2.14. The lowest BCUT2D eigenvalue weighted by Crippen LogP contribution is -2.17. The van der Waals surface area contributed by atoms with Crippen LogP contribution in [0.5, 0.6) is 28.7 Å². The Kier molecular flexibility index (Phi) is 11.1. The van der Waals surface area contributed by atoms with Crippen LogP contribution in [0.25, 0.3) is 0 Å². The van der Waals surface area contributed by atoms with Crippen molar-refractivity contribution in [3.63, 3.8) is 0 Å². The average molecular weight is 637 g/mol. The number of nitrogens with one attached hydrogen (secondary N) is 1. The maximum absolute atomic E-state index is 12.9. The number of halogens is 1. The minimum atomic E-state index is -0.421. The summed E-state index contributed by atoms with van der Waals surface area (Å²) >= 11 is 6.25. The Morgan fingerprint density at radius 3 is 1.80 bits per heavy atom. The normalized spacial score (nSPS) is 10.8. The van der Waals surface area contributed by atoms with Crippen LogP contribution in [-0.4, -0.2) is 26.3 Å². The van der Waals surface area contributed by atoms with Crippen molar-refractivity contribution < 1.29 is 28.5 Å². The molecular weight excluding hydrogens is 604 g/mol. The molecule has 0 fully saturated rings. The van der Waals surface area contributed by atoms with Gasteiger partial charge in [0.15, 0.2) is 23.0 Å². The van der Waals surface area contributed by atoms with E-state index in [4.69, 9.17) is 35.3 Å². The third-order valence-corrected chi connectivity index (χ3v) is 7.10. The molecule has 0 aromatic heterocycles. The number of amides is 1. The van der Waals surface area contributed by atoms with Gasteiger partial charge < -0.3 is 23.7 Å². The summed E-state index contributed by atoms with van der Waals surface area (Å²) in [4.78, 5) is 12.9. The fourth-order valence-electron chi connectivity index (χ4n) is 4.46. The highest BCUT2D eigenvalue weighted by molar-refractivity contribution is 6.30. The quantitative estimate of drug-likeness (QED) is 0.0986. The van der Waals surface area contributed by atoms with Crippen molar-refractivity contribution in [2.75, 3.05) is 14.2 Å². The van der Waals surface area contributed by atoms with Gasteiger partial charge in [0.25, 0.3) is 5.91 Å². The zero-order valence-electron chi connectivity index (χ0n) is 25.4. The molecule has 0 spiro atoms. The first-order valence-electron chi connectivity index (χ1n) is 14.5. The van der Waals surface area contributed by atoms with Gasteiger partial charge in [-0.3, -0.25) is 4.79 Å². The number of benzene rings is 5. The predicted molar refractivity (Wildman–Crippen MR) is 178 cm³/mol. The van der Waals surface area contributed by atoms with Gasteiger partial charge in [0.05, 0.1) is 20.4 Å². The van der Waals surface area contributed by atoms with Crippen molar-refractivity contribution in [2.24, 2.45) is 5.10 Å². The Hall–Kier alpha value is -5.47. The molecule has 5 aromatic carbocycles. The smallest absolute Gasteiger partial charge is 0.271 e. The highest BCUT2D eigenvalue weighted by Gasteiger charge is 2.12. The van der Waals surface area contributed by atoms with E-state index < -0.39 is 5.91 Å². The van der Waals surface area contributed by atoms with Gasteiger partial charge in [-0.15, -0.1) is 0 Å². The van der Waals surface area contributed by atoms with E-state index in [1.165, 1.54) is 13.3 Å². The van der Waals surface area contributed by atoms with E-state index in [2.05, 4.69) is 10.5 Å². The van der Waals surface area contributed by atoms with Crippen LogP contribution < -0.4 is 29.1 Å². The summed E-state index contributed by atoms with van der Waals surface area (Å²) in [5.74, 6) is 2.31. The SMILES string of the molecule is COc1cc(COc2ccc(Cl)cc2/C=N/NC(=O)c2ccc(OCc3ccccc3)c(OC)c2)ccc1OCc1ccccc1. The number of rotatable bonds is 14. The molecule has 5 aromatic rings. The maximum atomic E-state index is 12.9. The first-order chi connectivity index (χ1) is 22.5. The first-order valence-corrected chi connectivity index (χ1v) is 14.8. The van der Waals surface area contributed by atoms with Gasteiger partial charge in [0.1, 0.15) is 25.6 Å². The summed E-state index contributed by atoms with van der Waals surface area (Å²) in [6, 6.07) is 35.5. The highest BCUT2D eigenvalue weighted by atomic mass is 35.5. The molecule has 0 heterocycles. The zero-order chi connectivity index (χ0) is 32.1. The van der Waals surface area contributed by atoms with Crippen molar-refractivity contribution in [3.8, 4) is 28.7 Å². The minimum absolute atomic E-state index is 0.253. The standard InChI is InChI=1S/C37H33ClN2O6/c1-42-35-19-28(13-16-33(35)45-23-26-9-5-3-6-10-26)25-44-32-18-15-31(38)20-30(32)22-39-40-37(41)29-14-17-34(36(21-29)43-2)46-24-27-11-7-4-8-12-27/h3-22H,23-25H2,1-2H3,(H,40,41)/b39-22+. The molecule has 1 N–H and O–H groups in total. The lowest BCUT2D eigenvalue weighted by atomic mass is 10.2. The average Bonchev–Trinajstić information content (AvgIpc) is 3.10. The van der Waals surface area contributed by atoms with Crippen molar-refractivity contribution in [3.05, 3.63) is 148 Å². The van der Waals surface area contributed by atoms with Gasteiger partial charge in [0.2, 0.25) is 0 Å². The van der Waals surface area contributed by atoms with Crippen LogP contribution in [0.1, 0.15) is 32.6 Å². The van der Waals surface area contributed by atoms with Crippen molar-refractivity contribution in [1.29, 1.82) is 0 Å². The Bertz CT molecular complexity index is 1780. The lowest BCUT2D eigenvalue weighted by molar-refractivity contribution is 0.0954. The number of nitrogens with zero attached hydrogens (tertiary/aromatic N) is 1. The van der Waals surface area contributed by atoms with E-state index in [1.807, 2.05) is 78.9 Å². The summed E-state index contributed by atoms with van der Waals surface area (Å²) in [6.45, 7) is 1.06. The monoisotopic (exact) mass is 636 g/mol. The van der Waals surface area contributed by atoms with Crippen LogP contribution in [0.15, 0.2) is 120 Å². The van der Waals surface area contributed by atoms with Gasteiger partial charge in [0, 0.05) is 16.1 Å². The predicted octanol–water partition coefficient (Wildman–Crippen LogP) is 7.86. The number of methoxy groups -OCH3 is 2. The van der Waals surface area contributed by atoms with Gasteiger partial charge in [-0.2, -0.15) is 5.10 Å². The Labute approximate surface area is 273 Å². The molecule has 0 saturated heterocycles. The summed E-state index contributed by atoms with van der Waals surface area (Å²) in [6.07, 6.45) is 1.48. The highest BCUT2D eigenvalue weighted by Crippen LogP contribution is 2.31. The van der Waals surface area contributed by atoms with Crippen LogP contribution in [-0.2, 0) is 19.8 Å². The Balaban J connectivity index is 1.20. The molecule has 5 rings (SSSR count). The Morgan fingerprint density at radius 1 is 0.630 bits per heavy atom. The molecule has 0 radical (unpaired) electrons.